The van der Waals surface area contributed by atoms with E-state index in [9.17, 15) is 34.8 Å². The van der Waals surface area contributed by atoms with Crippen LogP contribution in [0.15, 0.2) is 36.5 Å². The largest absolute Gasteiger partial charge is 0.417 e. The molecule has 0 spiro atoms. The summed E-state index contributed by atoms with van der Waals surface area (Å²) in [6.07, 6.45) is -5.69. The molecule has 2 fully saturated rings. The van der Waals surface area contributed by atoms with Crippen LogP contribution < -0.4 is 4.72 Å². The number of halogens is 7. The average Bonchev–Trinajstić information content (AvgIpc) is 3.60. The van der Waals surface area contributed by atoms with Crippen LogP contribution in [0.4, 0.5) is 30.7 Å². The first kappa shape index (κ1) is 26.5. The molecule has 13 heteroatoms. The highest BCUT2D eigenvalue weighted by Gasteiger charge is 2.41. The summed E-state index contributed by atoms with van der Waals surface area (Å²) in [5.41, 5.74) is -2.73. The van der Waals surface area contributed by atoms with Crippen molar-refractivity contribution in [3.63, 3.8) is 0 Å². The van der Waals surface area contributed by atoms with Crippen LogP contribution in [0.2, 0.25) is 0 Å². The molecule has 2 aromatic carbocycles. The second kappa shape index (κ2) is 9.27. The van der Waals surface area contributed by atoms with Crippen molar-refractivity contribution < 1.29 is 39.2 Å². The second-order valence-electron chi connectivity index (χ2n) is 9.65. The van der Waals surface area contributed by atoms with Crippen molar-refractivity contribution in [2.45, 2.75) is 55.6 Å². The van der Waals surface area contributed by atoms with Crippen LogP contribution in [0.3, 0.4) is 0 Å². The minimum absolute atomic E-state index is 0.0894. The Morgan fingerprint density at radius 3 is 2.32 bits per heavy atom. The van der Waals surface area contributed by atoms with Crippen molar-refractivity contribution in [2.24, 2.45) is 5.92 Å². The Bertz CT molecular complexity index is 1550. The summed E-state index contributed by atoms with van der Waals surface area (Å²) >= 11 is 0. The van der Waals surface area contributed by atoms with Crippen molar-refractivity contribution in [1.82, 2.24) is 9.29 Å². The van der Waals surface area contributed by atoms with Gasteiger partial charge in [0.25, 0.3) is 6.43 Å². The highest BCUT2D eigenvalue weighted by Crippen LogP contribution is 2.45. The third-order valence-corrected chi connectivity index (χ3v) is 8.99. The lowest BCUT2D eigenvalue weighted by molar-refractivity contribution is -0.137. The van der Waals surface area contributed by atoms with Crippen LogP contribution in [0.1, 0.15) is 48.9 Å². The molecule has 0 saturated heterocycles. The molecule has 0 aliphatic heterocycles. The molecule has 1 atom stereocenters. The van der Waals surface area contributed by atoms with Gasteiger partial charge in [0, 0.05) is 34.3 Å². The van der Waals surface area contributed by atoms with Crippen LogP contribution in [0.5, 0.6) is 0 Å². The number of alkyl halides is 5. The summed E-state index contributed by atoms with van der Waals surface area (Å²) in [5, 5.41) is 8.24. The van der Waals surface area contributed by atoms with Gasteiger partial charge in [0.15, 0.2) is 0 Å². The van der Waals surface area contributed by atoms with Gasteiger partial charge in [-0.3, -0.25) is 0 Å². The average molecular weight is 560 g/mol. The van der Waals surface area contributed by atoms with E-state index < -0.39 is 68.3 Å². The predicted octanol–water partition coefficient (Wildman–Crippen LogP) is 6.47. The van der Waals surface area contributed by atoms with Crippen LogP contribution in [-0.2, 0) is 16.2 Å². The molecule has 1 aromatic heterocycles. The van der Waals surface area contributed by atoms with Crippen LogP contribution in [0, 0.1) is 28.9 Å². The Kier molecular flexibility index (Phi) is 6.46. The van der Waals surface area contributed by atoms with E-state index >= 15 is 4.39 Å². The van der Waals surface area contributed by atoms with E-state index in [1.54, 1.807) is 0 Å². The third-order valence-electron chi connectivity index (χ3n) is 7.06. The molecule has 5 rings (SSSR count). The lowest BCUT2D eigenvalue weighted by Gasteiger charge is -2.32. The van der Waals surface area contributed by atoms with Gasteiger partial charge in [-0.15, -0.1) is 0 Å². The van der Waals surface area contributed by atoms with Crippen molar-refractivity contribution in [3.05, 3.63) is 59.3 Å². The number of benzene rings is 2. The van der Waals surface area contributed by atoms with E-state index in [0.717, 1.165) is 24.3 Å². The molecule has 202 valence electrons. The van der Waals surface area contributed by atoms with Crippen LogP contribution in [0.25, 0.3) is 22.0 Å². The summed E-state index contributed by atoms with van der Waals surface area (Å²) in [4.78, 5) is 0. The lowest BCUT2D eigenvalue weighted by Crippen LogP contribution is -2.35. The Morgan fingerprint density at radius 1 is 1.05 bits per heavy atom. The van der Waals surface area contributed by atoms with Crippen molar-refractivity contribution in [3.8, 4) is 17.2 Å². The van der Waals surface area contributed by atoms with Crippen LogP contribution >= 0.6 is 0 Å². The molecule has 0 bridgehead atoms. The SMILES string of the molecule is N#CC1CC(n2cc([C@H](NS(=O)(=O)C3CC3)C(F)F)c3cc(F)c(-c4ccc(F)cc4C(F)(F)F)cc32)C1. The number of nitrogens with zero attached hydrogens (tertiary/aromatic N) is 2. The summed E-state index contributed by atoms with van der Waals surface area (Å²) < 4.78 is 127. The molecule has 5 nitrogen and oxygen atoms in total. The maximum absolute atomic E-state index is 15.4. The van der Waals surface area contributed by atoms with Gasteiger partial charge in [0.05, 0.1) is 22.8 Å². The molecule has 2 aliphatic rings. The molecule has 38 heavy (non-hydrogen) atoms. The highest BCUT2D eigenvalue weighted by atomic mass is 32.2. The summed E-state index contributed by atoms with van der Waals surface area (Å²) in [6.45, 7) is 0. The van der Waals surface area contributed by atoms with Gasteiger partial charge < -0.3 is 4.57 Å². The number of nitrogens with one attached hydrogen (secondary N) is 1. The van der Waals surface area contributed by atoms with Gasteiger partial charge in [-0.2, -0.15) is 18.4 Å². The first-order valence-corrected chi connectivity index (χ1v) is 13.2. The zero-order valence-corrected chi connectivity index (χ0v) is 20.3. The minimum Gasteiger partial charge on any atom is -0.344 e. The Balaban J connectivity index is 1.70. The van der Waals surface area contributed by atoms with Gasteiger partial charge in [0.1, 0.15) is 17.7 Å². The smallest absolute Gasteiger partial charge is 0.344 e. The summed E-state index contributed by atoms with van der Waals surface area (Å²) in [5.74, 6) is -2.68. The fourth-order valence-corrected chi connectivity index (χ4v) is 6.39. The molecule has 0 radical (unpaired) electrons. The first-order valence-electron chi connectivity index (χ1n) is 11.7. The van der Waals surface area contributed by atoms with Crippen LogP contribution in [-0.4, -0.2) is 24.7 Å². The zero-order chi connectivity index (χ0) is 27.6. The maximum Gasteiger partial charge on any atom is 0.417 e. The molecule has 3 aromatic rings. The quantitative estimate of drug-likeness (QED) is 0.338. The Labute approximate surface area is 212 Å². The van der Waals surface area contributed by atoms with E-state index in [4.69, 9.17) is 5.26 Å². The van der Waals surface area contributed by atoms with Gasteiger partial charge in [-0.05, 0) is 55.5 Å². The summed E-state index contributed by atoms with van der Waals surface area (Å²) in [7, 11) is -4.09. The molecule has 2 saturated carbocycles. The zero-order valence-electron chi connectivity index (χ0n) is 19.4. The Morgan fingerprint density at radius 2 is 1.74 bits per heavy atom. The van der Waals surface area contributed by atoms with Crippen molar-refractivity contribution >= 4 is 20.9 Å². The van der Waals surface area contributed by atoms with E-state index in [2.05, 4.69) is 6.07 Å². The van der Waals surface area contributed by atoms with E-state index in [-0.39, 0.29) is 28.5 Å². The number of fused-ring (bicyclic) bond motifs is 1. The number of rotatable bonds is 7. The van der Waals surface area contributed by atoms with Crippen molar-refractivity contribution in [1.29, 1.82) is 5.26 Å². The van der Waals surface area contributed by atoms with E-state index in [1.807, 2.05) is 4.72 Å². The predicted molar refractivity (Wildman–Crippen MR) is 123 cm³/mol. The molecule has 1 heterocycles. The normalized spacial score (nSPS) is 20.9. The molecule has 0 amide bonds. The van der Waals surface area contributed by atoms with Gasteiger partial charge >= 0.3 is 6.18 Å². The number of hydrogen-bond donors (Lipinski definition) is 1. The second-order valence-corrected chi connectivity index (χ2v) is 11.6. The number of hydrogen-bond acceptors (Lipinski definition) is 3. The summed E-state index contributed by atoms with van der Waals surface area (Å²) in [6, 6.07) is 3.29. The molecular weight excluding hydrogens is 539 g/mol. The maximum atomic E-state index is 15.4. The van der Waals surface area contributed by atoms with Gasteiger partial charge in [-0.25, -0.2) is 30.7 Å². The minimum atomic E-state index is -5.01. The van der Waals surface area contributed by atoms with Gasteiger partial charge in [0.2, 0.25) is 10.0 Å². The third kappa shape index (κ3) is 4.75. The van der Waals surface area contributed by atoms with E-state index in [0.29, 0.717) is 25.7 Å². The monoisotopic (exact) mass is 559 g/mol. The topological polar surface area (TPSA) is 74.9 Å². The van der Waals surface area contributed by atoms with Crippen molar-refractivity contribution in [2.75, 3.05) is 0 Å². The molecule has 2 aliphatic carbocycles. The molecular formula is C25H20F7N3O2S. The number of sulfonamides is 1. The Hall–Kier alpha value is -3.11. The lowest BCUT2D eigenvalue weighted by atomic mass is 9.81. The number of aromatic nitrogens is 1. The molecule has 0 unspecified atom stereocenters. The first-order chi connectivity index (χ1) is 17.8. The highest BCUT2D eigenvalue weighted by molar-refractivity contribution is 7.90. The van der Waals surface area contributed by atoms with E-state index in [1.165, 1.54) is 10.8 Å². The standard InChI is InChI=1S/C25H20F7N3O2S/c26-13-1-4-16(20(7-13)25(30,31)32)17-9-22-18(8-21(17)27)19(11-35(22)14-5-12(6-14)10-33)23(24(28)29)34-38(36,37)15-2-3-15/h1,4,7-9,11-12,14-15,23-24,34H,2-3,5-6H2/t12?,14?,23-/m0/s1. The fourth-order valence-electron chi connectivity index (χ4n) is 4.86. The molecule has 1 N–H and O–H groups in total. The number of nitriles is 1. The van der Waals surface area contributed by atoms with Gasteiger partial charge in [-0.1, -0.05) is 6.07 Å². The fraction of sp³-hybridized carbons (Fsp3) is 0.400.